The van der Waals surface area contributed by atoms with Crippen molar-refractivity contribution in [3.8, 4) is 28.0 Å². The number of benzene rings is 6. The first kappa shape index (κ1) is 19.6. The SMILES string of the molecule is O[B]Oc1cccc(-c2cccc(-c3ccc4c5ccccc5c5ccccc5c4c3)c2)c1. The third kappa shape index (κ3) is 3.43. The highest BCUT2D eigenvalue weighted by Crippen LogP contribution is 2.37. The average molecular weight is 423 g/mol. The van der Waals surface area contributed by atoms with Gasteiger partial charge in [0.15, 0.2) is 0 Å². The van der Waals surface area contributed by atoms with Crippen molar-refractivity contribution in [2.45, 2.75) is 0 Å². The molecular formula is C30H20BO2. The van der Waals surface area contributed by atoms with Gasteiger partial charge < -0.3 is 9.68 Å². The highest BCUT2D eigenvalue weighted by molar-refractivity contribution is 6.25. The lowest BCUT2D eigenvalue weighted by atomic mass is 9.91. The van der Waals surface area contributed by atoms with Crippen molar-refractivity contribution >= 4 is 40.0 Å². The van der Waals surface area contributed by atoms with E-state index in [4.69, 9.17) is 9.68 Å². The van der Waals surface area contributed by atoms with E-state index < -0.39 is 0 Å². The van der Waals surface area contributed by atoms with Crippen LogP contribution in [0.4, 0.5) is 0 Å². The number of rotatable bonds is 4. The highest BCUT2D eigenvalue weighted by Gasteiger charge is 2.10. The zero-order valence-corrected chi connectivity index (χ0v) is 17.9. The molecule has 2 nitrogen and oxygen atoms in total. The number of fused-ring (bicyclic) bond motifs is 6. The Hall–Kier alpha value is -4.08. The predicted molar refractivity (Wildman–Crippen MR) is 138 cm³/mol. The summed E-state index contributed by atoms with van der Waals surface area (Å²) in [5.74, 6) is 0.601. The molecule has 0 fully saturated rings. The van der Waals surface area contributed by atoms with Crippen LogP contribution in [0.5, 0.6) is 5.75 Å². The summed E-state index contributed by atoms with van der Waals surface area (Å²) in [6.07, 6.45) is 0. The van der Waals surface area contributed by atoms with Crippen molar-refractivity contribution in [1.82, 2.24) is 0 Å². The van der Waals surface area contributed by atoms with E-state index in [1.54, 1.807) is 0 Å². The molecule has 0 aliphatic heterocycles. The lowest BCUT2D eigenvalue weighted by Gasteiger charge is -2.13. The van der Waals surface area contributed by atoms with Crippen molar-refractivity contribution in [3.05, 3.63) is 115 Å². The molecule has 1 radical (unpaired) electrons. The maximum atomic E-state index is 8.95. The first-order valence-electron chi connectivity index (χ1n) is 11.0. The molecule has 0 spiro atoms. The second-order valence-corrected chi connectivity index (χ2v) is 8.18. The van der Waals surface area contributed by atoms with Crippen molar-refractivity contribution < 1.29 is 9.68 Å². The van der Waals surface area contributed by atoms with E-state index >= 15 is 0 Å². The zero-order valence-electron chi connectivity index (χ0n) is 17.9. The van der Waals surface area contributed by atoms with E-state index in [9.17, 15) is 0 Å². The topological polar surface area (TPSA) is 29.5 Å². The summed E-state index contributed by atoms with van der Waals surface area (Å²) in [5.41, 5.74) is 4.47. The van der Waals surface area contributed by atoms with Crippen LogP contribution in [0.1, 0.15) is 0 Å². The smallest absolute Gasteiger partial charge is 0.537 e. The molecule has 0 heterocycles. The molecule has 6 aromatic rings. The first-order valence-corrected chi connectivity index (χ1v) is 11.0. The number of hydrogen-bond donors (Lipinski definition) is 1. The van der Waals surface area contributed by atoms with Crippen LogP contribution in [-0.2, 0) is 0 Å². The molecule has 0 saturated heterocycles. The average Bonchev–Trinajstić information content (AvgIpc) is 2.89. The Kier molecular flexibility index (Phi) is 4.82. The maximum Gasteiger partial charge on any atom is 0.569 e. The highest BCUT2D eigenvalue weighted by atomic mass is 16.5. The van der Waals surface area contributed by atoms with Gasteiger partial charge in [0, 0.05) is 0 Å². The monoisotopic (exact) mass is 423 g/mol. The molecule has 0 atom stereocenters. The van der Waals surface area contributed by atoms with Gasteiger partial charge in [-0.3, -0.25) is 0 Å². The summed E-state index contributed by atoms with van der Waals surface area (Å²) in [6, 6.07) is 40.3. The molecule has 0 aliphatic carbocycles. The fraction of sp³-hybridized carbons (Fsp3) is 0. The predicted octanol–water partition coefficient (Wildman–Crippen LogP) is 7.39. The Morgan fingerprint density at radius 3 is 1.52 bits per heavy atom. The quantitative estimate of drug-likeness (QED) is 0.237. The van der Waals surface area contributed by atoms with Gasteiger partial charge >= 0.3 is 7.69 Å². The summed E-state index contributed by atoms with van der Waals surface area (Å²) in [7, 11) is 0.707. The molecule has 3 heteroatoms. The third-order valence-electron chi connectivity index (χ3n) is 6.30. The molecule has 33 heavy (non-hydrogen) atoms. The summed E-state index contributed by atoms with van der Waals surface area (Å²) in [4.78, 5) is 0. The molecule has 0 aliphatic rings. The molecule has 0 amide bonds. The van der Waals surface area contributed by atoms with Crippen LogP contribution in [0.2, 0.25) is 0 Å². The zero-order chi connectivity index (χ0) is 22.2. The Balaban J connectivity index is 1.53. The van der Waals surface area contributed by atoms with Gasteiger partial charge in [0.1, 0.15) is 5.75 Å². The van der Waals surface area contributed by atoms with Gasteiger partial charge in [0.05, 0.1) is 0 Å². The minimum absolute atomic E-state index is 0.601. The minimum atomic E-state index is 0.601. The van der Waals surface area contributed by atoms with E-state index in [1.165, 1.54) is 37.9 Å². The van der Waals surface area contributed by atoms with E-state index in [2.05, 4.69) is 91.0 Å². The van der Waals surface area contributed by atoms with Gasteiger partial charge in [0.2, 0.25) is 0 Å². The van der Waals surface area contributed by atoms with Crippen molar-refractivity contribution in [3.63, 3.8) is 0 Å². The summed E-state index contributed by atoms with van der Waals surface area (Å²) in [5, 5.41) is 16.6. The summed E-state index contributed by atoms with van der Waals surface area (Å²) >= 11 is 0. The molecular weight excluding hydrogens is 403 g/mol. The Morgan fingerprint density at radius 2 is 0.909 bits per heavy atom. The second-order valence-electron chi connectivity index (χ2n) is 8.18. The fourth-order valence-electron chi connectivity index (χ4n) is 4.78. The van der Waals surface area contributed by atoms with Gasteiger partial charge in [-0.25, -0.2) is 0 Å². The van der Waals surface area contributed by atoms with Gasteiger partial charge in [-0.1, -0.05) is 91.0 Å². The lowest BCUT2D eigenvalue weighted by Crippen LogP contribution is -1.99. The maximum absolute atomic E-state index is 8.95. The van der Waals surface area contributed by atoms with E-state index in [1.807, 2.05) is 24.3 Å². The molecule has 0 bridgehead atoms. The molecule has 0 saturated carbocycles. The molecule has 1 N–H and O–H groups in total. The lowest BCUT2D eigenvalue weighted by molar-refractivity contribution is 0.454. The minimum Gasteiger partial charge on any atom is -0.537 e. The van der Waals surface area contributed by atoms with Crippen LogP contribution in [0.25, 0.3) is 54.6 Å². The van der Waals surface area contributed by atoms with E-state index in [-0.39, 0.29) is 0 Å². The van der Waals surface area contributed by atoms with Crippen LogP contribution < -0.4 is 4.65 Å². The summed E-state index contributed by atoms with van der Waals surface area (Å²) in [6.45, 7) is 0. The van der Waals surface area contributed by atoms with Gasteiger partial charge in [-0.2, -0.15) is 0 Å². The largest absolute Gasteiger partial charge is 0.569 e. The van der Waals surface area contributed by atoms with Crippen molar-refractivity contribution in [2.24, 2.45) is 0 Å². The Morgan fingerprint density at radius 1 is 0.424 bits per heavy atom. The Labute approximate surface area is 193 Å². The van der Waals surface area contributed by atoms with Crippen LogP contribution in [0, 0.1) is 0 Å². The second kappa shape index (κ2) is 8.12. The fourth-order valence-corrected chi connectivity index (χ4v) is 4.78. The normalized spacial score (nSPS) is 11.2. The van der Waals surface area contributed by atoms with Gasteiger partial charge in [0.25, 0.3) is 0 Å². The molecule has 155 valence electrons. The van der Waals surface area contributed by atoms with Crippen LogP contribution >= 0.6 is 0 Å². The van der Waals surface area contributed by atoms with Crippen LogP contribution in [0.15, 0.2) is 115 Å². The first-order chi connectivity index (χ1) is 16.3. The molecule has 0 aromatic heterocycles. The van der Waals surface area contributed by atoms with Crippen LogP contribution in [-0.4, -0.2) is 12.7 Å². The summed E-state index contributed by atoms with van der Waals surface area (Å²) < 4.78 is 5.14. The van der Waals surface area contributed by atoms with E-state index in [0.717, 1.165) is 16.7 Å². The van der Waals surface area contributed by atoms with Crippen molar-refractivity contribution in [2.75, 3.05) is 0 Å². The van der Waals surface area contributed by atoms with Gasteiger partial charge in [-0.05, 0) is 78.8 Å². The van der Waals surface area contributed by atoms with Gasteiger partial charge in [-0.15, -0.1) is 0 Å². The standard InChI is InChI=1S/C30H20BO2/c32-31-33-24-10-6-9-22(18-24)20-7-5-8-21(17-20)23-15-16-29-27-13-2-1-11-25(27)26-12-3-4-14-28(26)30(29)19-23/h1-19,32H. The molecule has 0 unspecified atom stereocenters. The van der Waals surface area contributed by atoms with Crippen LogP contribution in [0.3, 0.4) is 0 Å². The molecule has 6 rings (SSSR count). The van der Waals surface area contributed by atoms with Crippen molar-refractivity contribution in [1.29, 1.82) is 0 Å². The molecule has 6 aromatic carbocycles. The van der Waals surface area contributed by atoms with E-state index in [0.29, 0.717) is 13.4 Å². The number of hydrogen-bond acceptors (Lipinski definition) is 2. The Bertz CT molecular complexity index is 1600. The third-order valence-corrected chi connectivity index (χ3v) is 6.30.